The van der Waals surface area contributed by atoms with Gasteiger partial charge in [-0.3, -0.25) is 0 Å². The predicted molar refractivity (Wildman–Crippen MR) is 79.1 cm³/mol. The fourth-order valence-electron chi connectivity index (χ4n) is 2.08. The van der Waals surface area contributed by atoms with Gasteiger partial charge in [0.25, 0.3) is 0 Å². The second-order valence-electron chi connectivity index (χ2n) is 5.79. The van der Waals surface area contributed by atoms with E-state index in [0.717, 1.165) is 18.9 Å². The van der Waals surface area contributed by atoms with Gasteiger partial charge in [-0.05, 0) is 30.0 Å². The molecule has 1 heterocycles. The molecule has 1 aromatic rings. The molecule has 0 saturated heterocycles. The molecule has 0 aliphatic carbocycles. The van der Waals surface area contributed by atoms with Crippen molar-refractivity contribution in [3.05, 3.63) is 23.4 Å². The van der Waals surface area contributed by atoms with Crippen LogP contribution in [0.25, 0.3) is 0 Å². The van der Waals surface area contributed by atoms with Crippen molar-refractivity contribution in [3.63, 3.8) is 0 Å². The van der Waals surface area contributed by atoms with Gasteiger partial charge in [-0.15, -0.1) is 0 Å². The minimum absolute atomic E-state index is 0.508. The summed E-state index contributed by atoms with van der Waals surface area (Å²) in [5.41, 5.74) is 2.50. The Kier molecular flexibility index (Phi) is 5.60. The normalized spacial score (nSPS) is 11.3. The van der Waals surface area contributed by atoms with Gasteiger partial charge in [0, 0.05) is 32.4 Å². The lowest BCUT2D eigenvalue weighted by molar-refractivity contribution is 0.587. The Morgan fingerprint density at radius 1 is 1.28 bits per heavy atom. The molecule has 0 amide bonds. The van der Waals surface area contributed by atoms with E-state index in [1.807, 2.05) is 6.20 Å². The van der Waals surface area contributed by atoms with Gasteiger partial charge in [0.05, 0.1) is 0 Å². The third kappa shape index (κ3) is 4.65. The van der Waals surface area contributed by atoms with E-state index < -0.39 is 0 Å². The van der Waals surface area contributed by atoms with Crippen molar-refractivity contribution in [1.82, 2.24) is 10.3 Å². The molecule has 0 bridgehead atoms. The van der Waals surface area contributed by atoms with Crippen molar-refractivity contribution in [1.29, 1.82) is 0 Å². The van der Waals surface area contributed by atoms with Crippen LogP contribution in [0.1, 0.15) is 38.8 Å². The number of aromatic nitrogens is 1. The largest absolute Gasteiger partial charge is 0.359 e. The summed E-state index contributed by atoms with van der Waals surface area (Å²) in [5, 5.41) is 3.42. The Morgan fingerprint density at radius 2 is 1.94 bits per heavy atom. The first kappa shape index (κ1) is 15.0. The average molecular weight is 249 g/mol. The molecule has 102 valence electrons. The quantitative estimate of drug-likeness (QED) is 0.840. The van der Waals surface area contributed by atoms with E-state index in [9.17, 15) is 0 Å². The molecule has 0 aliphatic heterocycles. The summed E-state index contributed by atoms with van der Waals surface area (Å²) in [7, 11) is 2.11. The molecule has 3 nitrogen and oxygen atoms in total. The average Bonchev–Trinajstić information content (AvgIpc) is 2.25. The lowest BCUT2D eigenvalue weighted by Gasteiger charge is -2.22. The molecular weight excluding hydrogens is 222 g/mol. The maximum atomic E-state index is 4.60. The lowest BCUT2D eigenvalue weighted by Crippen LogP contribution is -2.25. The van der Waals surface area contributed by atoms with Crippen LogP contribution in [0, 0.1) is 12.8 Å². The van der Waals surface area contributed by atoms with Crippen LogP contribution in [-0.2, 0) is 6.54 Å². The number of aryl methyl sites for hydroxylation is 1. The smallest absolute Gasteiger partial charge is 0.131 e. The monoisotopic (exact) mass is 249 g/mol. The number of nitrogens with one attached hydrogen (secondary N) is 1. The van der Waals surface area contributed by atoms with Crippen molar-refractivity contribution < 1.29 is 0 Å². The molecule has 0 unspecified atom stereocenters. The van der Waals surface area contributed by atoms with E-state index in [1.54, 1.807) is 0 Å². The first-order chi connectivity index (χ1) is 8.40. The fourth-order valence-corrected chi connectivity index (χ4v) is 2.08. The highest BCUT2D eigenvalue weighted by molar-refractivity contribution is 5.46. The lowest BCUT2D eigenvalue weighted by atomic mass is 10.1. The third-order valence-corrected chi connectivity index (χ3v) is 2.82. The van der Waals surface area contributed by atoms with Gasteiger partial charge in [0.15, 0.2) is 0 Å². The summed E-state index contributed by atoms with van der Waals surface area (Å²) in [6, 6.07) is 2.74. The van der Waals surface area contributed by atoms with Crippen LogP contribution in [-0.4, -0.2) is 24.6 Å². The van der Waals surface area contributed by atoms with Crippen molar-refractivity contribution in [2.24, 2.45) is 5.92 Å². The maximum absolute atomic E-state index is 4.60. The molecule has 0 aromatic carbocycles. The second kappa shape index (κ2) is 6.74. The molecule has 0 aliphatic rings. The summed E-state index contributed by atoms with van der Waals surface area (Å²) < 4.78 is 0. The molecule has 0 radical (unpaired) electrons. The molecule has 0 atom stereocenters. The summed E-state index contributed by atoms with van der Waals surface area (Å²) in [6.45, 7) is 12.8. The number of rotatable bonds is 6. The summed E-state index contributed by atoms with van der Waals surface area (Å²) in [4.78, 5) is 6.83. The molecule has 1 rings (SSSR count). The van der Waals surface area contributed by atoms with E-state index in [-0.39, 0.29) is 0 Å². The molecule has 1 aromatic heterocycles. The van der Waals surface area contributed by atoms with Crippen molar-refractivity contribution in [2.45, 2.75) is 47.2 Å². The topological polar surface area (TPSA) is 28.2 Å². The first-order valence-corrected chi connectivity index (χ1v) is 6.80. The number of anilines is 1. The van der Waals surface area contributed by atoms with E-state index in [4.69, 9.17) is 0 Å². The highest BCUT2D eigenvalue weighted by Gasteiger charge is 2.08. The van der Waals surface area contributed by atoms with E-state index in [0.29, 0.717) is 12.0 Å². The number of nitrogens with zero attached hydrogens (tertiary/aromatic N) is 2. The van der Waals surface area contributed by atoms with Gasteiger partial charge in [0.2, 0.25) is 0 Å². The van der Waals surface area contributed by atoms with Gasteiger partial charge in [-0.2, -0.15) is 0 Å². The number of pyridine rings is 1. The van der Waals surface area contributed by atoms with Crippen LogP contribution >= 0.6 is 0 Å². The number of hydrogen-bond acceptors (Lipinski definition) is 3. The molecule has 0 spiro atoms. The van der Waals surface area contributed by atoms with Crippen LogP contribution in [0.3, 0.4) is 0 Å². The van der Waals surface area contributed by atoms with Crippen LogP contribution in [0.15, 0.2) is 12.3 Å². The third-order valence-electron chi connectivity index (χ3n) is 2.82. The summed E-state index contributed by atoms with van der Waals surface area (Å²) >= 11 is 0. The Labute approximate surface area is 112 Å². The maximum Gasteiger partial charge on any atom is 0.131 e. The summed E-state index contributed by atoms with van der Waals surface area (Å²) in [5.74, 6) is 1.75. The minimum Gasteiger partial charge on any atom is -0.359 e. The number of hydrogen-bond donors (Lipinski definition) is 1. The van der Waals surface area contributed by atoms with Gasteiger partial charge in [-0.1, -0.05) is 27.7 Å². The fraction of sp³-hybridized carbons (Fsp3) is 0.667. The van der Waals surface area contributed by atoms with Gasteiger partial charge >= 0.3 is 0 Å². The van der Waals surface area contributed by atoms with Crippen molar-refractivity contribution >= 4 is 5.82 Å². The van der Waals surface area contributed by atoms with E-state index >= 15 is 0 Å². The van der Waals surface area contributed by atoms with Crippen LogP contribution in [0.2, 0.25) is 0 Å². The zero-order chi connectivity index (χ0) is 13.7. The van der Waals surface area contributed by atoms with Crippen LogP contribution in [0.4, 0.5) is 5.82 Å². The Bertz CT molecular complexity index is 372. The highest BCUT2D eigenvalue weighted by atomic mass is 15.2. The minimum atomic E-state index is 0.508. The highest BCUT2D eigenvalue weighted by Crippen LogP contribution is 2.17. The summed E-state index contributed by atoms with van der Waals surface area (Å²) in [6.07, 6.45) is 1.98. The molecule has 0 fully saturated rings. The first-order valence-electron chi connectivity index (χ1n) is 6.80. The molecule has 18 heavy (non-hydrogen) atoms. The molecule has 0 saturated carbocycles. The van der Waals surface area contributed by atoms with Crippen LogP contribution < -0.4 is 10.2 Å². The second-order valence-corrected chi connectivity index (χ2v) is 5.79. The van der Waals surface area contributed by atoms with Crippen LogP contribution in [0.5, 0.6) is 0 Å². The van der Waals surface area contributed by atoms with E-state index in [1.165, 1.54) is 11.1 Å². The molecule has 3 heteroatoms. The molecule has 1 N–H and O–H groups in total. The predicted octanol–water partition coefficient (Wildman–Crippen LogP) is 2.98. The standard InChI is InChI=1S/C15H27N3/c1-11(2)10-18(6)15-13(5)7-14(9-17-15)8-16-12(3)4/h7,9,11-12,16H,8,10H2,1-6H3. The zero-order valence-electron chi connectivity index (χ0n) is 12.6. The zero-order valence-corrected chi connectivity index (χ0v) is 12.6. The molecular formula is C15H27N3. The Balaban J connectivity index is 2.73. The van der Waals surface area contributed by atoms with Crippen molar-refractivity contribution in [3.8, 4) is 0 Å². The van der Waals surface area contributed by atoms with Crippen molar-refractivity contribution in [2.75, 3.05) is 18.5 Å². The SMILES string of the molecule is Cc1cc(CNC(C)C)cnc1N(C)CC(C)C. The Hall–Kier alpha value is -1.09. The Morgan fingerprint density at radius 3 is 2.44 bits per heavy atom. The van der Waals surface area contributed by atoms with E-state index in [2.05, 4.69) is 62.9 Å². The van der Waals surface area contributed by atoms with Gasteiger partial charge in [0.1, 0.15) is 5.82 Å². The van der Waals surface area contributed by atoms with Gasteiger partial charge in [-0.25, -0.2) is 4.98 Å². The van der Waals surface area contributed by atoms with Gasteiger partial charge < -0.3 is 10.2 Å².